The highest BCUT2D eigenvalue weighted by Gasteiger charge is 2.76. The second-order valence-corrected chi connectivity index (χ2v) is 12.3. The van der Waals surface area contributed by atoms with Crippen LogP contribution in [0.5, 0.6) is 0 Å². The summed E-state index contributed by atoms with van der Waals surface area (Å²) in [6.07, 6.45) is 2.49. The number of rotatable bonds is 5. The Morgan fingerprint density at radius 2 is 1.82 bits per heavy atom. The first-order valence-corrected chi connectivity index (χ1v) is 13.6. The molecule has 9 nitrogen and oxygen atoms in total. The third-order valence-electron chi connectivity index (χ3n) is 10.6. The molecule has 9 heteroatoms. The molecule has 0 N–H and O–H groups in total. The van der Waals surface area contributed by atoms with Crippen LogP contribution >= 0.6 is 0 Å². The van der Waals surface area contributed by atoms with Crippen molar-refractivity contribution in [2.45, 2.75) is 84.5 Å². The van der Waals surface area contributed by atoms with Gasteiger partial charge in [0.2, 0.25) is 0 Å². The number of ketones is 1. The maximum Gasteiger partial charge on any atom is 0.311 e. The molecule has 212 valence electrons. The summed E-state index contributed by atoms with van der Waals surface area (Å²) in [5.41, 5.74) is -0.0361. The van der Waals surface area contributed by atoms with E-state index < -0.39 is 58.2 Å². The SMILES string of the molecule is COC(=O)C[C@H]1[C@]2(C)C3=C(C)[C@H](c4ccoc4)C[C@H]3O[C@@H]2[C@H](OC(C)=O)[C@@H]2[C@]1(C)C(=O)CC[C@@]2(C)C(=O)OC. The number of carbonyl (C=O) groups excluding carboxylic acids is 4. The largest absolute Gasteiger partial charge is 0.472 e. The quantitative estimate of drug-likeness (QED) is 0.307. The van der Waals surface area contributed by atoms with E-state index in [1.807, 2.05) is 19.9 Å². The van der Waals surface area contributed by atoms with E-state index >= 15 is 0 Å². The monoisotopic (exact) mass is 542 g/mol. The van der Waals surface area contributed by atoms with Gasteiger partial charge in [-0.25, -0.2) is 0 Å². The van der Waals surface area contributed by atoms with Crippen LogP contribution in [0.25, 0.3) is 0 Å². The molecule has 39 heavy (non-hydrogen) atoms. The average Bonchev–Trinajstić information content (AvgIpc) is 3.60. The average molecular weight is 543 g/mol. The number of hydrogen-bond acceptors (Lipinski definition) is 9. The molecule has 0 aromatic carbocycles. The van der Waals surface area contributed by atoms with Gasteiger partial charge in [-0.2, -0.15) is 0 Å². The van der Waals surface area contributed by atoms with Gasteiger partial charge in [-0.15, -0.1) is 0 Å². The van der Waals surface area contributed by atoms with Gasteiger partial charge in [-0.1, -0.05) is 19.4 Å². The Balaban J connectivity index is 1.77. The molecule has 5 rings (SSSR count). The number of hydrogen-bond donors (Lipinski definition) is 0. The second-order valence-electron chi connectivity index (χ2n) is 12.3. The van der Waals surface area contributed by atoms with Gasteiger partial charge < -0.3 is 23.4 Å². The Bertz CT molecular complexity index is 1230. The second kappa shape index (κ2) is 9.32. The van der Waals surface area contributed by atoms with E-state index in [2.05, 4.69) is 6.92 Å². The third-order valence-corrected chi connectivity index (χ3v) is 10.6. The number of carbonyl (C=O) groups is 4. The van der Waals surface area contributed by atoms with Gasteiger partial charge in [0.25, 0.3) is 0 Å². The van der Waals surface area contributed by atoms with Crippen LogP contribution in [0, 0.1) is 28.1 Å². The lowest BCUT2D eigenvalue weighted by atomic mass is 9.40. The number of methoxy groups -OCH3 is 2. The molecular formula is C30H38O9. The van der Waals surface area contributed by atoms with Gasteiger partial charge in [0.1, 0.15) is 18.0 Å². The lowest BCUT2D eigenvalue weighted by Crippen LogP contribution is -2.71. The highest BCUT2D eigenvalue weighted by Crippen LogP contribution is 2.71. The Morgan fingerprint density at radius 1 is 1.10 bits per heavy atom. The maximum absolute atomic E-state index is 14.1. The van der Waals surface area contributed by atoms with Crippen molar-refractivity contribution in [3.63, 3.8) is 0 Å². The Kier molecular flexibility index (Phi) is 6.60. The highest BCUT2D eigenvalue weighted by molar-refractivity contribution is 5.91. The molecule has 0 radical (unpaired) electrons. The Labute approximate surface area is 228 Å². The molecule has 3 fully saturated rings. The zero-order valence-corrected chi connectivity index (χ0v) is 23.7. The lowest BCUT2D eigenvalue weighted by Gasteiger charge is -2.63. The van der Waals surface area contributed by atoms with Crippen molar-refractivity contribution in [1.29, 1.82) is 0 Å². The van der Waals surface area contributed by atoms with E-state index in [0.717, 1.165) is 16.7 Å². The van der Waals surface area contributed by atoms with Gasteiger partial charge >= 0.3 is 17.9 Å². The van der Waals surface area contributed by atoms with E-state index in [4.69, 9.17) is 23.4 Å². The molecule has 1 saturated heterocycles. The molecule has 0 amide bonds. The first-order valence-electron chi connectivity index (χ1n) is 13.6. The minimum atomic E-state index is -1.21. The molecule has 0 bridgehead atoms. The van der Waals surface area contributed by atoms with Crippen LogP contribution in [0.4, 0.5) is 0 Å². The number of allylic oxidation sites excluding steroid dienone is 1. The number of furan rings is 1. The van der Waals surface area contributed by atoms with Crippen LogP contribution in [-0.2, 0) is 38.1 Å². The van der Waals surface area contributed by atoms with Crippen LogP contribution in [-0.4, -0.2) is 56.2 Å². The van der Waals surface area contributed by atoms with E-state index in [9.17, 15) is 19.2 Å². The van der Waals surface area contributed by atoms with Gasteiger partial charge in [0.15, 0.2) is 0 Å². The van der Waals surface area contributed by atoms with Crippen molar-refractivity contribution in [3.8, 4) is 0 Å². The van der Waals surface area contributed by atoms with Crippen molar-refractivity contribution in [3.05, 3.63) is 35.3 Å². The lowest BCUT2D eigenvalue weighted by molar-refractivity contribution is -0.237. The normalized spacial score (nSPS) is 40.9. The van der Waals surface area contributed by atoms with Gasteiger partial charge in [0, 0.05) is 36.0 Å². The summed E-state index contributed by atoms with van der Waals surface area (Å²) in [6, 6.07) is 1.94. The number of esters is 3. The van der Waals surface area contributed by atoms with Gasteiger partial charge in [-0.05, 0) is 49.8 Å². The fourth-order valence-electron chi connectivity index (χ4n) is 8.98. The minimum Gasteiger partial charge on any atom is -0.472 e. The summed E-state index contributed by atoms with van der Waals surface area (Å²) in [4.78, 5) is 53.0. The number of fused-ring (bicyclic) bond motifs is 4. The maximum atomic E-state index is 14.1. The standard InChI is InChI=1S/C30H38O9/c1-15-18(17-9-11-37-14-17)12-19-23(15)30(5)20(13-22(33)35-6)29(4)21(32)8-10-28(3,27(34)36-7)25(29)24(26(30)39-19)38-16(2)31/h9,11,14,18-20,24-26H,8,10,12-13H2,1-7H3/t18-,19-,20-,24-,25+,26-,28-,29+,30-/m1/s1. The molecule has 1 aromatic rings. The Morgan fingerprint density at radius 3 is 2.41 bits per heavy atom. The zero-order valence-electron chi connectivity index (χ0n) is 23.7. The predicted molar refractivity (Wildman–Crippen MR) is 137 cm³/mol. The molecule has 1 aromatic heterocycles. The minimum absolute atomic E-state index is 0.0461. The van der Waals surface area contributed by atoms with Crippen molar-refractivity contribution in [2.75, 3.05) is 14.2 Å². The molecule has 2 heterocycles. The van der Waals surface area contributed by atoms with E-state index in [0.29, 0.717) is 6.42 Å². The van der Waals surface area contributed by atoms with E-state index in [1.165, 1.54) is 21.1 Å². The fourth-order valence-corrected chi connectivity index (χ4v) is 8.98. The fraction of sp³-hybridized carbons (Fsp3) is 0.667. The first-order chi connectivity index (χ1) is 18.3. The van der Waals surface area contributed by atoms with Crippen LogP contribution < -0.4 is 0 Å². The summed E-state index contributed by atoms with van der Waals surface area (Å²) in [5.74, 6) is -2.79. The van der Waals surface area contributed by atoms with Crippen molar-refractivity contribution in [2.24, 2.45) is 28.1 Å². The van der Waals surface area contributed by atoms with Crippen molar-refractivity contribution < 1.29 is 42.5 Å². The summed E-state index contributed by atoms with van der Waals surface area (Å²) < 4.78 is 28.6. The third kappa shape index (κ3) is 3.68. The smallest absolute Gasteiger partial charge is 0.311 e. The first kappa shape index (κ1) is 27.6. The van der Waals surface area contributed by atoms with Gasteiger partial charge in [0.05, 0.1) is 44.7 Å². The molecule has 0 spiro atoms. The van der Waals surface area contributed by atoms with E-state index in [-0.39, 0.29) is 37.1 Å². The van der Waals surface area contributed by atoms with Crippen molar-refractivity contribution >= 4 is 23.7 Å². The molecule has 9 atom stereocenters. The zero-order chi connectivity index (χ0) is 28.5. The molecule has 0 unspecified atom stereocenters. The van der Waals surface area contributed by atoms with E-state index in [1.54, 1.807) is 19.5 Å². The number of ether oxygens (including phenoxy) is 4. The van der Waals surface area contributed by atoms with Crippen LogP contribution in [0.1, 0.15) is 71.8 Å². The summed E-state index contributed by atoms with van der Waals surface area (Å²) in [5, 5.41) is 0. The number of Topliss-reactive ketones (excluding diaryl/α,β-unsaturated/α-hetero) is 1. The predicted octanol–water partition coefficient (Wildman–Crippen LogP) is 4.15. The van der Waals surface area contributed by atoms with Crippen molar-refractivity contribution in [1.82, 2.24) is 0 Å². The molecule has 2 saturated carbocycles. The molecule has 1 aliphatic heterocycles. The Hall–Kier alpha value is -2.94. The molecule has 4 aliphatic rings. The van der Waals surface area contributed by atoms with Crippen LogP contribution in [0.2, 0.25) is 0 Å². The molecular weight excluding hydrogens is 504 g/mol. The molecule has 3 aliphatic carbocycles. The van der Waals surface area contributed by atoms with Crippen LogP contribution in [0.15, 0.2) is 34.2 Å². The summed E-state index contributed by atoms with van der Waals surface area (Å²) >= 11 is 0. The van der Waals surface area contributed by atoms with Gasteiger partial charge in [-0.3, -0.25) is 19.2 Å². The topological polar surface area (TPSA) is 118 Å². The summed E-state index contributed by atoms with van der Waals surface area (Å²) in [6.45, 7) is 9.02. The highest BCUT2D eigenvalue weighted by atomic mass is 16.6. The summed E-state index contributed by atoms with van der Waals surface area (Å²) in [7, 11) is 2.65. The van der Waals surface area contributed by atoms with Crippen LogP contribution in [0.3, 0.4) is 0 Å².